The fourth-order valence-electron chi connectivity index (χ4n) is 5.33. The second-order valence-corrected chi connectivity index (χ2v) is 11.7. The van der Waals surface area contributed by atoms with Gasteiger partial charge in [0.2, 0.25) is 5.91 Å². The lowest BCUT2D eigenvalue weighted by Gasteiger charge is -2.39. The van der Waals surface area contributed by atoms with Gasteiger partial charge < -0.3 is 10.6 Å². The van der Waals surface area contributed by atoms with Gasteiger partial charge in [0, 0.05) is 45.6 Å². The van der Waals surface area contributed by atoms with E-state index < -0.39 is 0 Å². The fraction of sp³-hybridized carbons (Fsp3) is 0.269. The summed E-state index contributed by atoms with van der Waals surface area (Å²) in [5.74, 6) is -0.153. The van der Waals surface area contributed by atoms with Crippen LogP contribution in [0.25, 0.3) is 0 Å². The highest BCUT2D eigenvalue weighted by Crippen LogP contribution is 2.59. The zero-order valence-corrected chi connectivity index (χ0v) is 22.2. The minimum absolute atomic E-state index is 0.0614. The maximum Gasteiger partial charge on any atom is 0.282 e. The van der Waals surface area contributed by atoms with Gasteiger partial charge in [-0.25, -0.2) is 0 Å². The molecule has 186 valence electrons. The van der Waals surface area contributed by atoms with Crippen molar-refractivity contribution in [2.24, 2.45) is 5.92 Å². The monoisotopic (exact) mass is 561 g/mol. The summed E-state index contributed by atoms with van der Waals surface area (Å²) in [7, 11) is 0. The third-order valence-corrected chi connectivity index (χ3v) is 9.45. The number of amides is 1. The molecule has 1 aliphatic heterocycles. The lowest BCUT2D eigenvalue weighted by molar-refractivity contribution is -0.387. The molecule has 0 spiro atoms. The Morgan fingerprint density at radius 1 is 1.11 bits per heavy atom. The topological polar surface area (TPSA) is 84.3 Å². The molecule has 10 heteroatoms. The number of hydrogen-bond donors (Lipinski definition) is 2. The van der Waals surface area contributed by atoms with E-state index in [1.54, 1.807) is 24.3 Å². The average Bonchev–Trinajstić information content (AvgIpc) is 3.15. The molecule has 0 bridgehead atoms. The average molecular weight is 563 g/mol. The number of rotatable bonds is 5. The lowest BCUT2D eigenvalue weighted by Crippen LogP contribution is -2.31. The Labute approximate surface area is 227 Å². The number of anilines is 2. The molecule has 1 saturated carbocycles. The summed E-state index contributed by atoms with van der Waals surface area (Å²) >= 11 is 21.4. The van der Waals surface area contributed by atoms with Crippen molar-refractivity contribution < 1.29 is 9.72 Å². The number of carbonyl (C=O) groups is 1. The molecule has 1 fully saturated rings. The van der Waals surface area contributed by atoms with Gasteiger partial charge >= 0.3 is 0 Å². The van der Waals surface area contributed by atoms with E-state index in [1.807, 2.05) is 30.3 Å². The van der Waals surface area contributed by atoms with Crippen LogP contribution in [0.1, 0.15) is 36.4 Å². The fourth-order valence-corrected chi connectivity index (χ4v) is 7.80. The number of alkyl halides is 1. The number of para-hydroxylation sites is 1. The van der Waals surface area contributed by atoms with E-state index >= 15 is 0 Å². The molecule has 1 heterocycles. The first-order valence-electron chi connectivity index (χ1n) is 11.4. The summed E-state index contributed by atoms with van der Waals surface area (Å²) in [5, 5.41) is 18.9. The molecule has 0 saturated heterocycles. The van der Waals surface area contributed by atoms with E-state index in [2.05, 4.69) is 10.6 Å². The predicted molar refractivity (Wildman–Crippen MR) is 147 cm³/mol. The number of nitrogens with one attached hydrogen (secondary N) is 2. The molecule has 2 aliphatic rings. The van der Waals surface area contributed by atoms with Crippen LogP contribution >= 0.6 is 46.6 Å². The van der Waals surface area contributed by atoms with Crippen LogP contribution in [0.5, 0.6) is 0 Å². The Morgan fingerprint density at radius 3 is 2.61 bits per heavy atom. The molecule has 3 aromatic rings. The van der Waals surface area contributed by atoms with Gasteiger partial charge in [-0.05, 0) is 59.9 Å². The Bertz CT molecular complexity index is 1360. The molecule has 6 nitrogen and oxygen atoms in total. The maximum absolute atomic E-state index is 11.7. The number of nitrogens with zero attached hydrogens (tertiary/aromatic N) is 1. The molecule has 0 aromatic heterocycles. The Balaban J connectivity index is 1.56. The molecule has 0 unspecified atom stereocenters. The minimum atomic E-state index is -0.361. The SMILES string of the molecule is CC(=O)Nc1ccc2c(c1)[C@@H]1[C@@H](Cl)[C@@H](Sc3ccccc3[N+](=O)[O-])C[C@@H]1[C@H](c1ccc(Cl)cc1Cl)N2. The van der Waals surface area contributed by atoms with Gasteiger partial charge in [-0.3, -0.25) is 14.9 Å². The van der Waals surface area contributed by atoms with Crippen LogP contribution in [0, 0.1) is 16.0 Å². The van der Waals surface area contributed by atoms with Gasteiger partial charge in [-0.15, -0.1) is 23.4 Å². The van der Waals surface area contributed by atoms with Gasteiger partial charge in [0.05, 0.1) is 21.2 Å². The number of hydrogen-bond acceptors (Lipinski definition) is 5. The van der Waals surface area contributed by atoms with E-state index in [4.69, 9.17) is 34.8 Å². The number of halogens is 3. The van der Waals surface area contributed by atoms with E-state index in [9.17, 15) is 14.9 Å². The van der Waals surface area contributed by atoms with Gasteiger partial charge in [-0.2, -0.15) is 0 Å². The quantitative estimate of drug-likeness (QED) is 0.188. The molecule has 1 amide bonds. The summed E-state index contributed by atoms with van der Waals surface area (Å²) < 4.78 is 0. The third kappa shape index (κ3) is 4.77. The number of nitro groups is 1. The van der Waals surface area contributed by atoms with Crippen molar-refractivity contribution in [1.82, 2.24) is 0 Å². The van der Waals surface area contributed by atoms with Gasteiger partial charge in [-0.1, -0.05) is 41.4 Å². The van der Waals surface area contributed by atoms with Crippen molar-refractivity contribution in [1.29, 1.82) is 0 Å². The highest BCUT2D eigenvalue weighted by molar-refractivity contribution is 8.00. The summed E-state index contributed by atoms with van der Waals surface area (Å²) in [6, 6.07) is 17.9. The van der Waals surface area contributed by atoms with Crippen molar-refractivity contribution >= 4 is 69.5 Å². The largest absolute Gasteiger partial charge is 0.378 e. The van der Waals surface area contributed by atoms with Crippen LogP contribution in [0.15, 0.2) is 65.6 Å². The molecule has 5 atom stereocenters. The standard InChI is InChI=1S/C26H22Cl3N3O3S/c1-13(33)30-15-7-9-20-17(11-15)24-18(26(31-20)16-8-6-14(27)10-19(16)28)12-23(25(24)29)36-22-5-3-2-4-21(22)32(34)35/h2-11,18,23-26,31H,12H2,1H3,(H,30,33)/t18-,23-,24-,25-,26-/m0/s1. The smallest absolute Gasteiger partial charge is 0.282 e. The van der Waals surface area contributed by atoms with Crippen molar-refractivity contribution in [3.05, 3.63) is 92.0 Å². The minimum Gasteiger partial charge on any atom is -0.378 e. The van der Waals surface area contributed by atoms with Crippen LogP contribution in [-0.4, -0.2) is 21.5 Å². The number of carbonyl (C=O) groups excluding carboxylic acids is 1. The van der Waals surface area contributed by atoms with Crippen molar-refractivity contribution in [3.8, 4) is 0 Å². The molecular formula is C26H22Cl3N3O3S. The maximum atomic E-state index is 11.7. The van der Waals surface area contributed by atoms with Crippen LogP contribution < -0.4 is 10.6 Å². The van der Waals surface area contributed by atoms with Gasteiger partial charge in [0.1, 0.15) is 0 Å². The lowest BCUT2D eigenvalue weighted by atomic mass is 9.77. The van der Waals surface area contributed by atoms with E-state index in [1.165, 1.54) is 24.8 Å². The normalized spacial score (nSPS) is 24.4. The second kappa shape index (κ2) is 10.1. The highest BCUT2D eigenvalue weighted by Gasteiger charge is 2.50. The third-order valence-electron chi connectivity index (χ3n) is 6.77. The number of fused-ring (bicyclic) bond motifs is 3. The molecule has 36 heavy (non-hydrogen) atoms. The molecule has 2 N–H and O–H groups in total. The van der Waals surface area contributed by atoms with Gasteiger partial charge in [0.25, 0.3) is 5.69 Å². The molecule has 0 radical (unpaired) electrons. The number of benzene rings is 3. The molecular weight excluding hydrogens is 541 g/mol. The molecule has 1 aliphatic carbocycles. The number of thioether (sulfide) groups is 1. The molecule has 3 aromatic carbocycles. The van der Waals surface area contributed by atoms with Gasteiger partial charge in [0.15, 0.2) is 0 Å². The predicted octanol–water partition coefficient (Wildman–Crippen LogP) is 7.90. The first-order valence-corrected chi connectivity index (χ1v) is 13.5. The second-order valence-electron chi connectivity index (χ2n) is 9.02. The summed E-state index contributed by atoms with van der Waals surface area (Å²) in [5.41, 5.74) is 3.63. The van der Waals surface area contributed by atoms with E-state index in [0.29, 0.717) is 20.6 Å². The Hall–Kier alpha value is -2.45. The first kappa shape index (κ1) is 25.2. The van der Waals surface area contributed by atoms with E-state index in [-0.39, 0.29) is 45.0 Å². The Kier molecular flexibility index (Phi) is 7.10. The summed E-state index contributed by atoms with van der Waals surface area (Å²) in [6.45, 7) is 1.47. The molecule has 5 rings (SSSR count). The summed E-state index contributed by atoms with van der Waals surface area (Å²) in [4.78, 5) is 23.5. The van der Waals surface area contributed by atoms with Crippen LogP contribution in [0.2, 0.25) is 10.0 Å². The number of nitro benzene ring substituents is 1. The van der Waals surface area contributed by atoms with Crippen molar-refractivity contribution in [2.75, 3.05) is 10.6 Å². The van der Waals surface area contributed by atoms with E-state index in [0.717, 1.165) is 23.2 Å². The van der Waals surface area contributed by atoms with Crippen molar-refractivity contribution in [3.63, 3.8) is 0 Å². The van der Waals surface area contributed by atoms with Crippen LogP contribution in [0.3, 0.4) is 0 Å². The Morgan fingerprint density at radius 2 is 1.89 bits per heavy atom. The summed E-state index contributed by atoms with van der Waals surface area (Å²) in [6.07, 6.45) is 0.718. The zero-order chi connectivity index (χ0) is 25.6. The van der Waals surface area contributed by atoms with Crippen LogP contribution in [-0.2, 0) is 4.79 Å². The van der Waals surface area contributed by atoms with Crippen molar-refractivity contribution in [2.45, 2.75) is 40.8 Å². The zero-order valence-electron chi connectivity index (χ0n) is 19.1. The first-order chi connectivity index (χ1) is 17.2. The van der Waals surface area contributed by atoms with Crippen LogP contribution in [0.4, 0.5) is 17.1 Å². The highest BCUT2D eigenvalue weighted by atomic mass is 35.5.